The van der Waals surface area contributed by atoms with Crippen LogP contribution in [0.2, 0.25) is 0 Å². The molecule has 5 nitrogen and oxygen atoms in total. The molecule has 0 amide bonds. The van der Waals surface area contributed by atoms with E-state index in [-0.39, 0.29) is 6.42 Å². The SMILES string of the molecule is O=C(O)CCc1ccc(C2(O)CCC3(CC2)OCCO3)cc1. The second kappa shape index (κ2) is 5.99. The van der Waals surface area contributed by atoms with Gasteiger partial charge in [-0.1, -0.05) is 24.3 Å². The minimum Gasteiger partial charge on any atom is -0.481 e. The topological polar surface area (TPSA) is 76.0 Å². The molecular formula is C17H22O5. The summed E-state index contributed by atoms with van der Waals surface area (Å²) in [6.07, 6.45) is 3.26. The molecule has 0 unspecified atom stereocenters. The molecule has 1 saturated heterocycles. The maximum atomic E-state index is 10.9. The molecule has 2 aliphatic rings. The maximum Gasteiger partial charge on any atom is 0.303 e. The van der Waals surface area contributed by atoms with E-state index in [0.29, 0.717) is 45.3 Å². The predicted molar refractivity (Wildman–Crippen MR) is 79.4 cm³/mol. The van der Waals surface area contributed by atoms with Crippen LogP contribution in [0, 0.1) is 0 Å². The van der Waals surface area contributed by atoms with Gasteiger partial charge in [0.2, 0.25) is 0 Å². The van der Waals surface area contributed by atoms with Crippen LogP contribution in [0.1, 0.15) is 43.2 Å². The van der Waals surface area contributed by atoms with Gasteiger partial charge in [0.25, 0.3) is 0 Å². The van der Waals surface area contributed by atoms with Gasteiger partial charge in [-0.2, -0.15) is 0 Å². The highest BCUT2D eigenvalue weighted by Gasteiger charge is 2.46. The lowest BCUT2D eigenvalue weighted by molar-refractivity contribution is -0.204. The lowest BCUT2D eigenvalue weighted by atomic mass is 9.77. The first-order valence-corrected chi connectivity index (χ1v) is 7.83. The number of hydrogen-bond donors (Lipinski definition) is 2. The number of carboxylic acid groups (broad SMARTS) is 1. The van der Waals surface area contributed by atoms with Crippen LogP contribution in [0.25, 0.3) is 0 Å². The maximum absolute atomic E-state index is 10.9. The Morgan fingerprint density at radius 3 is 2.18 bits per heavy atom. The van der Waals surface area contributed by atoms with Crippen LogP contribution in [-0.4, -0.2) is 35.2 Å². The molecule has 22 heavy (non-hydrogen) atoms. The number of carboxylic acids is 1. The number of carbonyl (C=O) groups is 1. The average molecular weight is 306 g/mol. The van der Waals surface area contributed by atoms with Gasteiger partial charge >= 0.3 is 5.97 Å². The van der Waals surface area contributed by atoms with Crippen LogP contribution in [0.3, 0.4) is 0 Å². The summed E-state index contributed by atoms with van der Waals surface area (Å²) in [6, 6.07) is 7.63. The lowest BCUT2D eigenvalue weighted by Gasteiger charge is -2.40. The van der Waals surface area contributed by atoms with Crippen molar-refractivity contribution >= 4 is 5.97 Å². The fourth-order valence-corrected chi connectivity index (χ4v) is 3.35. The molecule has 1 heterocycles. The molecule has 1 aliphatic heterocycles. The molecule has 0 atom stereocenters. The van der Waals surface area contributed by atoms with E-state index in [1.54, 1.807) is 0 Å². The fourth-order valence-electron chi connectivity index (χ4n) is 3.35. The summed E-state index contributed by atoms with van der Waals surface area (Å²) in [5.41, 5.74) is 1.02. The minimum absolute atomic E-state index is 0.126. The first-order valence-electron chi connectivity index (χ1n) is 7.83. The summed E-state index contributed by atoms with van der Waals surface area (Å²) in [5, 5.41) is 19.6. The van der Waals surface area contributed by atoms with Gasteiger partial charge in [0.05, 0.1) is 18.8 Å². The molecule has 1 spiro atoms. The molecule has 1 aliphatic carbocycles. The molecule has 0 aromatic heterocycles. The van der Waals surface area contributed by atoms with E-state index >= 15 is 0 Å². The fraction of sp³-hybridized carbons (Fsp3) is 0.588. The third-order valence-corrected chi connectivity index (χ3v) is 4.77. The number of ether oxygens (including phenoxy) is 2. The quantitative estimate of drug-likeness (QED) is 0.892. The van der Waals surface area contributed by atoms with Gasteiger partial charge in [0, 0.05) is 19.3 Å². The first-order chi connectivity index (χ1) is 10.5. The molecule has 1 saturated carbocycles. The zero-order valence-corrected chi connectivity index (χ0v) is 12.6. The second-order valence-corrected chi connectivity index (χ2v) is 6.23. The van der Waals surface area contributed by atoms with Gasteiger partial charge in [-0.15, -0.1) is 0 Å². The van der Waals surface area contributed by atoms with E-state index in [4.69, 9.17) is 14.6 Å². The van der Waals surface area contributed by atoms with E-state index in [0.717, 1.165) is 11.1 Å². The van der Waals surface area contributed by atoms with Crippen molar-refractivity contribution < 1.29 is 24.5 Å². The summed E-state index contributed by atoms with van der Waals surface area (Å²) in [4.78, 5) is 10.6. The molecule has 120 valence electrons. The summed E-state index contributed by atoms with van der Waals surface area (Å²) in [5.74, 6) is -1.27. The van der Waals surface area contributed by atoms with Crippen molar-refractivity contribution in [3.05, 3.63) is 35.4 Å². The standard InChI is InChI=1S/C17H22O5/c18-15(19)6-3-13-1-4-14(5-2-13)16(20)7-9-17(10-8-16)21-11-12-22-17/h1-2,4-5,20H,3,6-12H2,(H,18,19). The molecule has 1 aromatic rings. The lowest BCUT2D eigenvalue weighted by Crippen LogP contribution is -2.42. The highest BCUT2D eigenvalue weighted by molar-refractivity contribution is 5.67. The predicted octanol–water partition coefficient (Wildman–Crippen LogP) is 2.21. The van der Waals surface area contributed by atoms with E-state index in [1.807, 2.05) is 24.3 Å². The molecule has 1 aromatic carbocycles. The number of aliphatic hydroxyl groups is 1. The third kappa shape index (κ3) is 3.16. The zero-order chi connectivity index (χ0) is 15.6. The Hall–Kier alpha value is -1.43. The second-order valence-electron chi connectivity index (χ2n) is 6.23. The van der Waals surface area contributed by atoms with E-state index in [2.05, 4.69) is 0 Å². The van der Waals surface area contributed by atoms with Crippen molar-refractivity contribution in [3.63, 3.8) is 0 Å². The Balaban J connectivity index is 1.64. The number of aryl methyl sites for hydroxylation is 1. The van der Waals surface area contributed by atoms with Crippen molar-refractivity contribution in [2.45, 2.75) is 49.9 Å². The normalized spacial score (nSPS) is 22.8. The highest BCUT2D eigenvalue weighted by Crippen LogP contribution is 2.44. The zero-order valence-electron chi connectivity index (χ0n) is 12.6. The Kier molecular flexibility index (Phi) is 4.21. The smallest absolute Gasteiger partial charge is 0.303 e. The Morgan fingerprint density at radius 2 is 1.64 bits per heavy atom. The largest absolute Gasteiger partial charge is 0.481 e. The third-order valence-electron chi connectivity index (χ3n) is 4.77. The number of benzene rings is 1. The van der Waals surface area contributed by atoms with Gasteiger partial charge in [0.15, 0.2) is 5.79 Å². The number of rotatable bonds is 4. The first kappa shape index (κ1) is 15.5. The van der Waals surface area contributed by atoms with E-state index in [9.17, 15) is 9.90 Å². The molecule has 3 rings (SSSR count). The molecule has 2 fully saturated rings. The summed E-state index contributed by atoms with van der Waals surface area (Å²) < 4.78 is 11.4. The highest BCUT2D eigenvalue weighted by atomic mass is 16.7. The van der Waals surface area contributed by atoms with Crippen molar-refractivity contribution in [1.82, 2.24) is 0 Å². The van der Waals surface area contributed by atoms with Gasteiger partial charge in [-0.3, -0.25) is 4.79 Å². The number of hydrogen-bond acceptors (Lipinski definition) is 4. The Morgan fingerprint density at radius 1 is 1.05 bits per heavy atom. The summed E-state index contributed by atoms with van der Waals surface area (Å²) >= 11 is 0. The van der Waals surface area contributed by atoms with Crippen LogP contribution in [-0.2, 0) is 26.3 Å². The number of aliphatic carboxylic acids is 1. The molecule has 2 N–H and O–H groups in total. The van der Waals surface area contributed by atoms with Crippen LogP contribution in [0.4, 0.5) is 0 Å². The van der Waals surface area contributed by atoms with Gasteiger partial charge in [-0.05, 0) is 30.4 Å². The summed E-state index contributed by atoms with van der Waals surface area (Å²) in [6.45, 7) is 1.27. The van der Waals surface area contributed by atoms with E-state index in [1.165, 1.54) is 0 Å². The average Bonchev–Trinajstić information content (AvgIpc) is 2.98. The van der Waals surface area contributed by atoms with Crippen molar-refractivity contribution in [1.29, 1.82) is 0 Å². The van der Waals surface area contributed by atoms with E-state index < -0.39 is 17.4 Å². The van der Waals surface area contributed by atoms with Crippen molar-refractivity contribution in [3.8, 4) is 0 Å². The molecular weight excluding hydrogens is 284 g/mol. The van der Waals surface area contributed by atoms with Crippen LogP contribution >= 0.6 is 0 Å². The monoisotopic (exact) mass is 306 g/mol. The Labute approximate surface area is 129 Å². The van der Waals surface area contributed by atoms with Crippen molar-refractivity contribution in [2.24, 2.45) is 0 Å². The van der Waals surface area contributed by atoms with Gasteiger partial charge < -0.3 is 19.7 Å². The molecule has 5 heteroatoms. The summed E-state index contributed by atoms with van der Waals surface area (Å²) in [7, 11) is 0. The van der Waals surface area contributed by atoms with Gasteiger partial charge in [0.1, 0.15) is 0 Å². The molecule has 0 bridgehead atoms. The van der Waals surface area contributed by atoms with Crippen molar-refractivity contribution in [2.75, 3.05) is 13.2 Å². The van der Waals surface area contributed by atoms with Crippen LogP contribution in [0.15, 0.2) is 24.3 Å². The molecule has 0 radical (unpaired) electrons. The van der Waals surface area contributed by atoms with Crippen LogP contribution < -0.4 is 0 Å². The Bertz CT molecular complexity index is 520. The van der Waals surface area contributed by atoms with Crippen LogP contribution in [0.5, 0.6) is 0 Å². The minimum atomic E-state index is -0.841. The van der Waals surface area contributed by atoms with Gasteiger partial charge in [-0.25, -0.2) is 0 Å².